The third-order valence-electron chi connectivity index (χ3n) is 5.41. The first-order chi connectivity index (χ1) is 13.1. The van der Waals surface area contributed by atoms with Gasteiger partial charge in [0.2, 0.25) is 5.91 Å². The van der Waals surface area contributed by atoms with Crippen molar-refractivity contribution in [1.29, 1.82) is 0 Å². The number of benzene rings is 1. The molecule has 0 bridgehead atoms. The molecule has 1 aliphatic rings. The monoisotopic (exact) mass is 372 g/mol. The summed E-state index contributed by atoms with van der Waals surface area (Å²) in [4.78, 5) is 17.5. The highest BCUT2D eigenvalue weighted by Gasteiger charge is 2.34. The normalized spacial score (nSPS) is 20.3. The predicted octanol–water partition coefficient (Wildman–Crippen LogP) is 2.02. The maximum atomic E-state index is 13.0. The fourth-order valence-corrected chi connectivity index (χ4v) is 3.86. The summed E-state index contributed by atoms with van der Waals surface area (Å²) in [5.41, 5.74) is 6.73. The second-order valence-corrected chi connectivity index (χ2v) is 7.02. The fourth-order valence-electron chi connectivity index (χ4n) is 3.86. The van der Waals surface area contributed by atoms with E-state index in [9.17, 15) is 4.79 Å². The smallest absolute Gasteiger partial charge is 0.224 e. The third kappa shape index (κ3) is 4.08. The zero-order valence-electron chi connectivity index (χ0n) is 16.1. The van der Waals surface area contributed by atoms with E-state index in [1.165, 1.54) is 0 Å². The summed E-state index contributed by atoms with van der Waals surface area (Å²) < 4.78 is 12.7. The van der Waals surface area contributed by atoms with Crippen LogP contribution in [0.15, 0.2) is 30.6 Å². The average molecular weight is 372 g/mol. The van der Waals surface area contributed by atoms with Crippen molar-refractivity contribution in [3.8, 4) is 11.5 Å². The Morgan fingerprint density at radius 3 is 2.56 bits per heavy atom. The third-order valence-corrected chi connectivity index (χ3v) is 5.41. The van der Waals surface area contributed by atoms with Crippen LogP contribution < -0.4 is 20.5 Å². The number of nitrogens with two attached hydrogens (primary N) is 1. The highest BCUT2D eigenvalue weighted by atomic mass is 16.5. The number of nitrogens with zero attached hydrogens (tertiary/aromatic N) is 2. The molecule has 0 aliphatic heterocycles. The van der Waals surface area contributed by atoms with Gasteiger partial charge in [-0.25, -0.2) is 4.98 Å². The van der Waals surface area contributed by atoms with Gasteiger partial charge in [0.1, 0.15) is 23.4 Å². The molecule has 0 saturated heterocycles. The Morgan fingerprint density at radius 1 is 1.30 bits per heavy atom. The molecule has 1 aromatic heterocycles. The molecule has 27 heavy (non-hydrogen) atoms. The SMILES string of the molecule is COc1cc(OC)cc(C(NC(=O)[C@@H]2CCC[C@@H]2CN)c2nccn2C)c1. The summed E-state index contributed by atoms with van der Waals surface area (Å²) in [7, 11) is 5.13. The van der Waals surface area contributed by atoms with Crippen LogP contribution in [0.1, 0.15) is 36.7 Å². The summed E-state index contributed by atoms with van der Waals surface area (Å²) in [6.45, 7) is 0.540. The lowest BCUT2D eigenvalue weighted by Crippen LogP contribution is -2.38. The molecule has 7 nitrogen and oxygen atoms in total. The number of carbonyl (C=O) groups excluding carboxylic acids is 1. The number of hydrogen-bond acceptors (Lipinski definition) is 5. The lowest BCUT2D eigenvalue weighted by Gasteiger charge is -2.24. The molecular formula is C20H28N4O3. The Bertz CT molecular complexity index is 767. The van der Waals surface area contributed by atoms with Crippen LogP contribution >= 0.6 is 0 Å². The Morgan fingerprint density at radius 2 is 2.00 bits per heavy atom. The van der Waals surface area contributed by atoms with Crippen molar-refractivity contribution < 1.29 is 14.3 Å². The maximum absolute atomic E-state index is 13.0. The Labute approximate surface area is 159 Å². The highest BCUT2D eigenvalue weighted by molar-refractivity contribution is 5.80. The minimum absolute atomic E-state index is 0.0257. The number of carbonyl (C=O) groups is 1. The first-order valence-corrected chi connectivity index (χ1v) is 9.28. The van der Waals surface area contributed by atoms with Gasteiger partial charge in [-0.05, 0) is 43.0 Å². The van der Waals surface area contributed by atoms with Gasteiger partial charge in [0.15, 0.2) is 0 Å². The first-order valence-electron chi connectivity index (χ1n) is 9.28. The number of aromatic nitrogens is 2. The summed E-state index contributed by atoms with van der Waals surface area (Å²) in [5.74, 6) is 2.30. The molecule has 1 fully saturated rings. The van der Waals surface area contributed by atoms with Gasteiger partial charge in [-0.1, -0.05) is 6.42 Å². The van der Waals surface area contributed by atoms with Gasteiger partial charge in [0, 0.05) is 31.4 Å². The summed E-state index contributed by atoms with van der Waals surface area (Å²) in [6, 6.07) is 5.21. The molecule has 1 amide bonds. The van der Waals surface area contributed by atoms with Crippen molar-refractivity contribution in [1.82, 2.24) is 14.9 Å². The van der Waals surface area contributed by atoms with Crippen LogP contribution in [0, 0.1) is 11.8 Å². The zero-order chi connectivity index (χ0) is 19.4. The molecule has 1 aliphatic carbocycles. The number of rotatable bonds is 7. The van der Waals surface area contributed by atoms with Crippen molar-refractivity contribution in [2.75, 3.05) is 20.8 Å². The van der Waals surface area contributed by atoms with Crippen LogP contribution in [0.2, 0.25) is 0 Å². The van der Waals surface area contributed by atoms with E-state index >= 15 is 0 Å². The number of ether oxygens (including phenoxy) is 2. The van der Waals surface area contributed by atoms with E-state index < -0.39 is 6.04 Å². The average Bonchev–Trinajstić information content (AvgIpc) is 3.34. The minimum atomic E-state index is -0.402. The second kappa shape index (κ2) is 8.43. The molecule has 1 aromatic carbocycles. The minimum Gasteiger partial charge on any atom is -0.497 e. The van der Waals surface area contributed by atoms with Crippen LogP contribution in [0.5, 0.6) is 11.5 Å². The molecule has 0 radical (unpaired) electrons. The largest absolute Gasteiger partial charge is 0.497 e. The van der Waals surface area contributed by atoms with E-state index in [2.05, 4.69) is 10.3 Å². The van der Waals surface area contributed by atoms with Crippen molar-refractivity contribution in [3.63, 3.8) is 0 Å². The molecule has 7 heteroatoms. The van der Waals surface area contributed by atoms with Gasteiger partial charge in [0.25, 0.3) is 0 Å². The van der Waals surface area contributed by atoms with Crippen LogP contribution in [0.3, 0.4) is 0 Å². The number of methoxy groups -OCH3 is 2. The molecule has 3 N–H and O–H groups in total. The molecule has 1 saturated carbocycles. The standard InChI is InChI=1S/C20H28N4O3/c1-24-8-7-22-19(24)18(14-9-15(26-2)11-16(10-14)27-3)23-20(25)17-6-4-5-13(17)12-21/h7-11,13,17-18H,4-6,12,21H2,1-3H3,(H,23,25)/t13-,17-,18?/m1/s1. The lowest BCUT2D eigenvalue weighted by atomic mass is 9.94. The number of aryl methyl sites for hydroxylation is 1. The van der Waals surface area contributed by atoms with Crippen LogP contribution in [-0.2, 0) is 11.8 Å². The lowest BCUT2D eigenvalue weighted by molar-refractivity contribution is -0.126. The summed E-state index contributed by atoms with van der Waals surface area (Å²) in [6.07, 6.45) is 6.52. The maximum Gasteiger partial charge on any atom is 0.224 e. The van der Waals surface area contributed by atoms with E-state index in [4.69, 9.17) is 15.2 Å². The highest BCUT2D eigenvalue weighted by Crippen LogP contribution is 2.33. The molecule has 2 aromatic rings. The Kier molecular flexibility index (Phi) is 6.01. The number of amides is 1. The van der Waals surface area contributed by atoms with E-state index in [-0.39, 0.29) is 17.7 Å². The summed E-state index contributed by atoms with van der Waals surface area (Å²) in [5, 5.41) is 3.20. The van der Waals surface area contributed by atoms with Crippen molar-refractivity contribution >= 4 is 5.91 Å². The Hall–Kier alpha value is -2.54. The molecule has 146 valence electrons. The van der Waals surface area contributed by atoms with Crippen molar-refractivity contribution in [2.24, 2.45) is 24.6 Å². The van der Waals surface area contributed by atoms with E-state index in [0.29, 0.717) is 18.0 Å². The van der Waals surface area contributed by atoms with Crippen molar-refractivity contribution in [3.05, 3.63) is 42.0 Å². The van der Waals surface area contributed by atoms with Gasteiger partial charge in [0.05, 0.1) is 14.2 Å². The molecule has 0 spiro atoms. The quantitative estimate of drug-likeness (QED) is 0.776. The fraction of sp³-hybridized carbons (Fsp3) is 0.500. The topological polar surface area (TPSA) is 91.4 Å². The van der Waals surface area contributed by atoms with E-state index in [1.54, 1.807) is 20.4 Å². The van der Waals surface area contributed by atoms with E-state index in [1.807, 2.05) is 36.0 Å². The van der Waals surface area contributed by atoms with Gasteiger partial charge in [-0.3, -0.25) is 4.79 Å². The van der Waals surface area contributed by atoms with Gasteiger partial charge < -0.3 is 25.1 Å². The zero-order valence-corrected chi connectivity index (χ0v) is 16.1. The van der Waals surface area contributed by atoms with Crippen molar-refractivity contribution in [2.45, 2.75) is 25.3 Å². The number of imidazole rings is 1. The number of nitrogens with one attached hydrogen (secondary N) is 1. The summed E-state index contributed by atoms with van der Waals surface area (Å²) >= 11 is 0. The van der Waals surface area contributed by atoms with Crippen LogP contribution in [0.25, 0.3) is 0 Å². The van der Waals surface area contributed by atoms with Gasteiger partial charge >= 0.3 is 0 Å². The molecule has 3 rings (SSSR count). The van der Waals surface area contributed by atoms with Crippen LogP contribution in [-0.4, -0.2) is 36.2 Å². The molecule has 3 atom stereocenters. The second-order valence-electron chi connectivity index (χ2n) is 7.02. The Balaban J connectivity index is 1.95. The molecule has 1 heterocycles. The first kappa shape index (κ1) is 19.2. The van der Waals surface area contributed by atoms with Gasteiger partial charge in [-0.2, -0.15) is 0 Å². The molecule has 1 unspecified atom stereocenters. The van der Waals surface area contributed by atoms with Gasteiger partial charge in [-0.15, -0.1) is 0 Å². The number of hydrogen-bond donors (Lipinski definition) is 2. The molecular weight excluding hydrogens is 344 g/mol. The predicted molar refractivity (Wildman–Crippen MR) is 103 cm³/mol. The van der Waals surface area contributed by atoms with Crippen LogP contribution in [0.4, 0.5) is 0 Å². The van der Waals surface area contributed by atoms with E-state index in [0.717, 1.165) is 30.7 Å².